The molecular formula is C30H41F3N2O6. The number of halogens is 3. The Kier molecular flexibility index (Phi) is 8.10. The molecule has 1 aromatic carbocycles. The highest BCUT2D eigenvalue weighted by atomic mass is 19.4. The summed E-state index contributed by atoms with van der Waals surface area (Å²) < 4.78 is 50.0. The van der Waals surface area contributed by atoms with E-state index in [1.165, 1.54) is 0 Å². The second-order valence-electron chi connectivity index (χ2n) is 13.0. The third-order valence-corrected chi connectivity index (χ3v) is 8.98. The second-order valence-corrected chi connectivity index (χ2v) is 13.0. The van der Waals surface area contributed by atoms with Crippen LogP contribution in [-0.2, 0) is 23.9 Å². The molecule has 1 heterocycles. The van der Waals surface area contributed by atoms with Gasteiger partial charge in [0.15, 0.2) is 11.4 Å². The number of aliphatic hydroxyl groups is 3. The van der Waals surface area contributed by atoms with Crippen LogP contribution >= 0.6 is 0 Å². The van der Waals surface area contributed by atoms with E-state index < -0.39 is 58.2 Å². The standard InChI is InChI=1S/C30H41F3N2O6/c1-14(12-36)25(39)24(35(6)7)18-9-15-8-17-22(26(40)21(15)27-29(18,5)41-27)19(38)10-16(23(17)30(31,32)33)11-34-20(13-37)28(2,3)4/h10,15,18,20,24,34,36-39H,8-9,11-13H2,1-7H3/b25-14+/t15?,18-,20?,24-,29-/m0/s1. The van der Waals surface area contributed by atoms with Gasteiger partial charge in [0.2, 0.25) is 0 Å². The fourth-order valence-corrected chi connectivity index (χ4v) is 6.61. The highest BCUT2D eigenvalue weighted by Crippen LogP contribution is 2.61. The summed E-state index contributed by atoms with van der Waals surface area (Å²) in [5.41, 5.74) is -2.47. The molecule has 0 aromatic heterocycles. The summed E-state index contributed by atoms with van der Waals surface area (Å²) in [5, 5.41) is 44.3. The molecule has 228 valence electrons. The van der Waals surface area contributed by atoms with Crippen LogP contribution in [0.4, 0.5) is 13.2 Å². The molecule has 3 aliphatic rings. The van der Waals surface area contributed by atoms with Crippen molar-refractivity contribution < 1.29 is 43.1 Å². The number of epoxide rings is 1. The predicted molar refractivity (Wildman–Crippen MR) is 146 cm³/mol. The molecular weight excluding hydrogens is 541 g/mol. The number of nitrogens with zero attached hydrogens (tertiary/aromatic N) is 1. The van der Waals surface area contributed by atoms with Crippen molar-refractivity contribution >= 4 is 5.78 Å². The number of likely N-dealkylation sites (N-methyl/N-ethyl adjacent to an activating group) is 1. The molecule has 8 nitrogen and oxygen atoms in total. The molecule has 0 amide bonds. The number of nitrogens with one attached hydrogen (secondary N) is 1. The number of fused-ring (bicyclic) bond motifs is 3. The number of aromatic hydroxyl groups is 1. The third kappa shape index (κ3) is 5.37. The lowest BCUT2D eigenvalue weighted by atomic mass is 9.65. The maximum absolute atomic E-state index is 14.7. The van der Waals surface area contributed by atoms with Crippen molar-refractivity contribution in [3.63, 3.8) is 0 Å². The Morgan fingerprint density at radius 3 is 2.39 bits per heavy atom. The number of ketones is 1. The van der Waals surface area contributed by atoms with Crippen LogP contribution in [0.15, 0.2) is 28.7 Å². The van der Waals surface area contributed by atoms with E-state index in [2.05, 4.69) is 5.32 Å². The molecule has 1 fully saturated rings. The van der Waals surface area contributed by atoms with Crippen molar-refractivity contribution in [2.24, 2.45) is 17.3 Å². The molecule has 2 unspecified atom stereocenters. The van der Waals surface area contributed by atoms with Gasteiger partial charge >= 0.3 is 6.18 Å². The van der Waals surface area contributed by atoms with Crippen LogP contribution in [0.5, 0.6) is 5.75 Å². The Hall–Kier alpha value is -2.60. The van der Waals surface area contributed by atoms with Crippen LogP contribution in [0.1, 0.15) is 68.1 Å². The van der Waals surface area contributed by atoms with Gasteiger partial charge < -0.3 is 30.5 Å². The van der Waals surface area contributed by atoms with Crippen molar-refractivity contribution in [3.05, 3.63) is 51.0 Å². The molecule has 5 atom stereocenters. The molecule has 1 saturated heterocycles. The van der Waals surface area contributed by atoms with E-state index in [4.69, 9.17) is 4.74 Å². The van der Waals surface area contributed by atoms with E-state index in [9.17, 15) is 38.4 Å². The summed E-state index contributed by atoms with van der Waals surface area (Å²) in [4.78, 5) is 15.5. The lowest BCUT2D eigenvalue weighted by Crippen LogP contribution is -2.47. The average Bonchev–Trinajstić information content (AvgIpc) is 3.54. The van der Waals surface area contributed by atoms with Crippen LogP contribution in [0, 0.1) is 17.3 Å². The Balaban J connectivity index is 1.81. The van der Waals surface area contributed by atoms with Gasteiger partial charge in [0.05, 0.1) is 30.4 Å². The van der Waals surface area contributed by atoms with Gasteiger partial charge in [-0.1, -0.05) is 20.8 Å². The first-order valence-corrected chi connectivity index (χ1v) is 13.8. The predicted octanol–water partition coefficient (Wildman–Crippen LogP) is 4.08. The lowest BCUT2D eigenvalue weighted by molar-refractivity contribution is -0.139. The first-order valence-electron chi connectivity index (χ1n) is 13.8. The minimum Gasteiger partial charge on any atom is -0.511 e. The van der Waals surface area contributed by atoms with Crippen LogP contribution in [0.2, 0.25) is 0 Å². The number of Topliss-reactive ketones (excluding diaryl/α,β-unsaturated/α-hetero) is 1. The van der Waals surface area contributed by atoms with Crippen LogP contribution < -0.4 is 5.32 Å². The summed E-state index contributed by atoms with van der Waals surface area (Å²) in [6, 6.07) is -0.118. The molecule has 1 aromatic rings. The first-order chi connectivity index (χ1) is 18.9. The Bertz CT molecular complexity index is 1300. The van der Waals surface area contributed by atoms with Gasteiger partial charge in [-0.15, -0.1) is 0 Å². The molecule has 0 radical (unpaired) electrons. The van der Waals surface area contributed by atoms with Gasteiger partial charge in [0, 0.05) is 24.1 Å². The highest BCUT2D eigenvalue weighted by Gasteiger charge is 2.65. The molecule has 4 rings (SSSR count). The number of allylic oxidation sites excluding steroid dienone is 1. The monoisotopic (exact) mass is 582 g/mol. The summed E-state index contributed by atoms with van der Waals surface area (Å²) in [5.74, 6) is -1.89. The second kappa shape index (κ2) is 10.6. The summed E-state index contributed by atoms with van der Waals surface area (Å²) in [6.07, 6.45) is -4.69. The van der Waals surface area contributed by atoms with Crippen LogP contribution in [0.25, 0.3) is 0 Å². The zero-order valence-corrected chi connectivity index (χ0v) is 24.6. The molecule has 1 aliphatic heterocycles. The SMILES string of the molecule is C/C(CO)=C(\O)[C@H]([C@@H]1CC2Cc3c(c(O)cc(CNC(CO)C(C)(C)C)c3C(F)(F)F)C(=O)C2=C2O[C@]21C)N(C)C. The van der Waals surface area contributed by atoms with E-state index in [-0.39, 0.29) is 60.6 Å². The number of rotatable bonds is 8. The van der Waals surface area contributed by atoms with Gasteiger partial charge in [-0.05, 0) is 74.9 Å². The van der Waals surface area contributed by atoms with E-state index in [0.717, 1.165) is 6.07 Å². The van der Waals surface area contributed by atoms with Crippen molar-refractivity contribution in [2.45, 2.75) is 77.9 Å². The molecule has 0 saturated carbocycles. The minimum absolute atomic E-state index is 0.0381. The third-order valence-electron chi connectivity index (χ3n) is 8.98. The smallest absolute Gasteiger partial charge is 0.417 e. The maximum atomic E-state index is 14.7. The number of carbonyl (C=O) groups is 1. The molecule has 0 bridgehead atoms. The fourth-order valence-electron chi connectivity index (χ4n) is 6.61. The van der Waals surface area contributed by atoms with Gasteiger partial charge in [-0.2, -0.15) is 13.2 Å². The number of benzene rings is 1. The average molecular weight is 583 g/mol. The number of carbonyl (C=O) groups excluding carboxylic acids is 1. The van der Waals surface area contributed by atoms with Crippen LogP contribution in [-0.4, -0.2) is 76.1 Å². The Labute approximate surface area is 238 Å². The van der Waals surface area contributed by atoms with E-state index in [1.807, 2.05) is 20.8 Å². The van der Waals surface area contributed by atoms with Gasteiger partial charge in [0.1, 0.15) is 17.3 Å². The molecule has 2 aliphatic carbocycles. The van der Waals surface area contributed by atoms with Crippen molar-refractivity contribution in [1.29, 1.82) is 0 Å². The maximum Gasteiger partial charge on any atom is 0.417 e. The van der Waals surface area contributed by atoms with E-state index >= 15 is 0 Å². The van der Waals surface area contributed by atoms with E-state index in [0.29, 0.717) is 11.3 Å². The molecule has 5 N–H and O–H groups in total. The minimum atomic E-state index is -4.81. The van der Waals surface area contributed by atoms with Gasteiger partial charge in [-0.25, -0.2) is 0 Å². The van der Waals surface area contributed by atoms with E-state index in [1.54, 1.807) is 32.8 Å². The highest BCUT2D eigenvalue weighted by molar-refractivity contribution is 6.14. The van der Waals surface area contributed by atoms with Crippen molar-refractivity contribution in [2.75, 3.05) is 27.3 Å². The lowest BCUT2D eigenvalue weighted by Gasteiger charge is -2.40. The largest absolute Gasteiger partial charge is 0.511 e. The molecule has 41 heavy (non-hydrogen) atoms. The van der Waals surface area contributed by atoms with Crippen LogP contribution in [0.3, 0.4) is 0 Å². The number of aliphatic hydroxyl groups excluding tert-OH is 3. The van der Waals surface area contributed by atoms with Crippen molar-refractivity contribution in [3.8, 4) is 5.75 Å². The summed E-state index contributed by atoms with van der Waals surface area (Å²) in [7, 11) is 3.52. The first kappa shape index (κ1) is 31.3. The Morgan fingerprint density at radius 1 is 1.24 bits per heavy atom. The fraction of sp³-hybridized carbons (Fsp3) is 0.633. The number of alkyl halides is 3. The van der Waals surface area contributed by atoms with Crippen molar-refractivity contribution in [1.82, 2.24) is 10.2 Å². The normalized spacial score (nSPS) is 26.1. The number of phenolic OH excluding ortho intramolecular Hbond substituents is 1. The quantitative estimate of drug-likeness (QED) is 0.229. The zero-order chi connectivity index (χ0) is 30.8. The Morgan fingerprint density at radius 2 is 1.88 bits per heavy atom. The summed E-state index contributed by atoms with van der Waals surface area (Å²) in [6.45, 7) is 8.04. The number of ether oxygens (including phenoxy) is 1. The molecule has 11 heteroatoms. The van der Waals surface area contributed by atoms with Gasteiger partial charge in [-0.3, -0.25) is 9.69 Å². The topological polar surface area (TPSA) is 126 Å². The number of hydrogen-bond acceptors (Lipinski definition) is 8. The van der Waals surface area contributed by atoms with Gasteiger partial charge in [0.25, 0.3) is 0 Å². The number of phenols is 1. The molecule has 0 spiro atoms. The zero-order valence-electron chi connectivity index (χ0n) is 24.6. The number of hydrogen-bond donors (Lipinski definition) is 5. The summed E-state index contributed by atoms with van der Waals surface area (Å²) >= 11 is 0.